The molecule has 0 radical (unpaired) electrons. The molecule has 0 N–H and O–H groups in total. The summed E-state index contributed by atoms with van der Waals surface area (Å²) in [6.07, 6.45) is 3.46. The third-order valence-corrected chi connectivity index (χ3v) is 6.15. The SMILES string of the molecule is CC[C@@]1(C)C(C)=C(c2ccc(F)c(C)c2)CC(C)(C)CC1C. The van der Waals surface area contributed by atoms with Crippen molar-refractivity contribution in [2.24, 2.45) is 16.7 Å². The van der Waals surface area contributed by atoms with E-state index in [0.29, 0.717) is 5.92 Å². The van der Waals surface area contributed by atoms with Crippen LogP contribution >= 0.6 is 0 Å². The molecular weight excluding hydrogens is 271 g/mol. The van der Waals surface area contributed by atoms with Crippen LogP contribution in [0.15, 0.2) is 23.8 Å². The van der Waals surface area contributed by atoms with E-state index in [1.165, 1.54) is 23.1 Å². The third kappa shape index (κ3) is 3.00. The molecule has 1 aromatic rings. The van der Waals surface area contributed by atoms with Crippen molar-refractivity contribution in [2.75, 3.05) is 0 Å². The van der Waals surface area contributed by atoms with Crippen LogP contribution in [0.3, 0.4) is 0 Å². The van der Waals surface area contributed by atoms with Crippen LogP contribution in [-0.4, -0.2) is 0 Å². The van der Waals surface area contributed by atoms with E-state index in [9.17, 15) is 4.39 Å². The van der Waals surface area contributed by atoms with Crippen molar-refractivity contribution in [2.45, 2.75) is 67.7 Å². The van der Waals surface area contributed by atoms with Gasteiger partial charge in [-0.05, 0) is 78.7 Å². The van der Waals surface area contributed by atoms with Gasteiger partial charge in [0.15, 0.2) is 0 Å². The standard InChI is InChI=1S/C21H31F/c1-8-21(7)15(3)12-20(5,6)13-18(16(21)4)17-9-10-19(22)14(2)11-17/h9-11,15H,8,12-13H2,1-7H3/t15?,21-/m1/s1. The molecule has 0 saturated heterocycles. The van der Waals surface area contributed by atoms with Crippen LogP contribution in [0.4, 0.5) is 4.39 Å². The van der Waals surface area contributed by atoms with Crippen molar-refractivity contribution in [3.05, 3.63) is 40.7 Å². The molecule has 2 atom stereocenters. The second-order valence-electron chi connectivity index (χ2n) is 8.28. The maximum atomic E-state index is 13.7. The van der Waals surface area contributed by atoms with Crippen molar-refractivity contribution in [1.29, 1.82) is 0 Å². The van der Waals surface area contributed by atoms with Crippen molar-refractivity contribution < 1.29 is 4.39 Å². The Bertz CT molecular complexity index is 594. The van der Waals surface area contributed by atoms with Gasteiger partial charge in [-0.15, -0.1) is 0 Å². The summed E-state index contributed by atoms with van der Waals surface area (Å²) in [7, 11) is 0. The van der Waals surface area contributed by atoms with Crippen LogP contribution in [0.25, 0.3) is 5.57 Å². The lowest BCUT2D eigenvalue weighted by Crippen LogP contribution is -2.27. The highest BCUT2D eigenvalue weighted by Crippen LogP contribution is 2.52. The zero-order chi connectivity index (χ0) is 16.7. The fourth-order valence-electron chi connectivity index (χ4n) is 4.22. The van der Waals surface area contributed by atoms with E-state index >= 15 is 0 Å². The summed E-state index contributed by atoms with van der Waals surface area (Å²) in [6.45, 7) is 16.0. The van der Waals surface area contributed by atoms with E-state index in [2.05, 4.69) is 41.5 Å². The second kappa shape index (κ2) is 5.83. The molecule has 0 fully saturated rings. The Labute approximate surface area is 135 Å². The summed E-state index contributed by atoms with van der Waals surface area (Å²) in [5.74, 6) is 0.549. The summed E-state index contributed by atoms with van der Waals surface area (Å²) >= 11 is 0. The van der Waals surface area contributed by atoms with Gasteiger partial charge in [-0.1, -0.05) is 46.3 Å². The molecule has 0 saturated carbocycles. The highest BCUT2D eigenvalue weighted by Gasteiger charge is 2.40. The lowest BCUT2D eigenvalue weighted by Gasteiger charge is -2.37. The Morgan fingerprint density at radius 3 is 2.36 bits per heavy atom. The first-order valence-electron chi connectivity index (χ1n) is 8.57. The summed E-state index contributed by atoms with van der Waals surface area (Å²) in [4.78, 5) is 0. The van der Waals surface area contributed by atoms with E-state index in [1.807, 2.05) is 19.1 Å². The largest absolute Gasteiger partial charge is 0.207 e. The zero-order valence-electron chi connectivity index (χ0n) is 15.3. The van der Waals surface area contributed by atoms with Gasteiger partial charge in [0.2, 0.25) is 0 Å². The van der Waals surface area contributed by atoms with E-state index in [0.717, 1.165) is 18.4 Å². The normalized spacial score (nSPS) is 28.6. The van der Waals surface area contributed by atoms with E-state index in [4.69, 9.17) is 0 Å². The highest BCUT2D eigenvalue weighted by molar-refractivity contribution is 5.71. The molecule has 0 aromatic heterocycles. The second-order valence-corrected chi connectivity index (χ2v) is 8.28. The van der Waals surface area contributed by atoms with Crippen LogP contribution in [0.1, 0.15) is 71.9 Å². The molecule has 0 spiro atoms. The Hall–Kier alpha value is -1.11. The minimum absolute atomic E-state index is 0.110. The molecule has 1 aromatic carbocycles. The monoisotopic (exact) mass is 302 g/mol. The molecule has 1 aliphatic carbocycles. The van der Waals surface area contributed by atoms with E-state index in [-0.39, 0.29) is 16.6 Å². The minimum Gasteiger partial charge on any atom is -0.207 e. The van der Waals surface area contributed by atoms with Crippen molar-refractivity contribution >= 4 is 5.57 Å². The maximum absolute atomic E-state index is 13.7. The summed E-state index contributed by atoms with van der Waals surface area (Å²) in [6, 6.07) is 5.61. The number of allylic oxidation sites excluding steroid dienone is 2. The maximum Gasteiger partial charge on any atom is 0.126 e. The van der Waals surface area contributed by atoms with Gasteiger partial charge in [0.05, 0.1) is 0 Å². The quantitative estimate of drug-likeness (QED) is 0.565. The van der Waals surface area contributed by atoms with Crippen LogP contribution in [0.5, 0.6) is 0 Å². The van der Waals surface area contributed by atoms with Crippen LogP contribution in [0, 0.1) is 29.5 Å². The number of benzene rings is 1. The summed E-state index contributed by atoms with van der Waals surface area (Å²) in [5, 5.41) is 0. The molecule has 2 rings (SSSR count). The number of halogens is 1. The van der Waals surface area contributed by atoms with E-state index < -0.39 is 0 Å². The predicted octanol–water partition coefficient (Wildman–Crippen LogP) is 6.78. The molecular formula is C21H31F. The number of aryl methyl sites for hydroxylation is 1. The smallest absolute Gasteiger partial charge is 0.126 e. The van der Waals surface area contributed by atoms with Crippen LogP contribution < -0.4 is 0 Å². The van der Waals surface area contributed by atoms with Gasteiger partial charge in [-0.3, -0.25) is 0 Å². The topological polar surface area (TPSA) is 0 Å². The number of rotatable bonds is 2. The molecule has 22 heavy (non-hydrogen) atoms. The molecule has 0 amide bonds. The third-order valence-electron chi connectivity index (χ3n) is 6.15. The average Bonchev–Trinajstić information content (AvgIpc) is 2.51. The lowest BCUT2D eigenvalue weighted by molar-refractivity contribution is 0.179. The Morgan fingerprint density at radius 1 is 1.18 bits per heavy atom. The van der Waals surface area contributed by atoms with Gasteiger partial charge < -0.3 is 0 Å². The first-order chi connectivity index (χ1) is 10.1. The predicted molar refractivity (Wildman–Crippen MR) is 94.3 cm³/mol. The summed E-state index contributed by atoms with van der Waals surface area (Å²) < 4.78 is 13.7. The average molecular weight is 302 g/mol. The first-order valence-corrected chi connectivity index (χ1v) is 8.57. The molecule has 122 valence electrons. The van der Waals surface area contributed by atoms with Crippen LogP contribution in [-0.2, 0) is 0 Å². The van der Waals surface area contributed by atoms with Crippen molar-refractivity contribution in [3.63, 3.8) is 0 Å². The first kappa shape index (κ1) is 17.2. The summed E-state index contributed by atoms with van der Waals surface area (Å²) in [5.41, 5.74) is 5.39. The molecule has 1 aliphatic rings. The Balaban J connectivity index is 2.64. The number of hydrogen-bond acceptors (Lipinski definition) is 0. The Morgan fingerprint density at radius 2 is 1.82 bits per heavy atom. The molecule has 1 unspecified atom stereocenters. The molecule has 0 aliphatic heterocycles. The van der Waals surface area contributed by atoms with Crippen molar-refractivity contribution in [3.8, 4) is 0 Å². The van der Waals surface area contributed by atoms with Gasteiger partial charge in [0.25, 0.3) is 0 Å². The minimum atomic E-state index is -0.110. The van der Waals surface area contributed by atoms with Gasteiger partial charge in [0.1, 0.15) is 5.82 Å². The fraction of sp³-hybridized carbons (Fsp3) is 0.619. The van der Waals surface area contributed by atoms with Crippen LogP contribution in [0.2, 0.25) is 0 Å². The van der Waals surface area contributed by atoms with Gasteiger partial charge in [0, 0.05) is 0 Å². The fourth-order valence-corrected chi connectivity index (χ4v) is 4.22. The lowest BCUT2D eigenvalue weighted by atomic mass is 9.67. The van der Waals surface area contributed by atoms with Crippen molar-refractivity contribution in [1.82, 2.24) is 0 Å². The zero-order valence-corrected chi connectivity index (χ0v) is 15.3. The Kier molecular flexibility index (Phi) is 4.57. The molecule has 0 nitrogen and oxygen atoms in total. The van der Waals surface area contributed by atoms with Gasteiger partial charge >= 0.3 is 0 Å². The van der Waals surface area contributed by atoms with Gasteiger partial charge in [-0.2, -0.15) is 0 Å². The molecule has 1 heteroatoms. The highest BCUT2D eigenvalue weighted by atomic mass is 19.1. The molecule has 0 heterocycles. The number of hydrogen-bond donors (Lipinski definition) is 0. The van der Waals surface area contributed by atoms with E-state index in [1.54, 1.807) is 6.07 Å². The molecule has 0 bridgehead atoms. The van der Waals surface area contributed by atoms with Gasteiger partial charge in [-0.25, -0.2) is 4.39 Å².